The zero-order chi connectivity index (χ0) is 16.2. The third-order valence-corrected chi connectivity index (χ3v) is 3.38. The average Bonchev–Trinajstić information content (AvgIpc) is 3.08. The van der Waals surface area contributed by atoms with Crippen LogP contribution in [0.5, 0.6) is 11.5 Å². The van der Waals surface area contributed by atoms with Crippen LogP contribution >= 0.6 is 0 Å². The number of nitrogens with zero attached hydrogens (tertiary/aromatic N) is 4. The van der Waals surface area contributed by atoms with Crippen molar-refractivity contribution in [1.82, 2.24) is 14.8 Å². The van der Waals surface area contributed by atoms with E-state index in [1.165, 1.54) is 6.33 Å². The van der Waals surface area contributed by atoms with Crippen molar-refractivity contribution in [2.45, 2.75) is 33.3 Å². The van der Waals surface area contributed by atoms with E-state index in [1.807, 2.05) is 26.0 Å². The molecule has 23 heavy (non-hydrogen) atoms. The van der Waals surface area contributed by atoms with Crippen LogP contribution in [0.1, 0.15) is 31.9 Å². The summed E-state index contributed by atoms with van der Waals surface area (Å²) in [6.45, 7) is 7.03. The molecule has 1 aromatic carbocycles. The third-order valence-electron chi connectivity index (χ3n) is 3.38. The fraction of sp³-hybridized carbons (Fsp3) is 0.438. The Morgan fingerprint density at radius 3 is 2.65 bits per heavy atom. The molecule has 2 heterocycles. The van der Waals surface area contributed by atoms with Crippen molar-refractivity contribution >= 4 is 5.84 Å². The molecule has 1 aliphatic rings. The van der Waals surface area contributed by atoms with Crippen LogP contribution in [0.15, 0.2) is 29.9 Å². The lowest BCUT2D eigenvalue weighted by Gasteiger charge is -2.21. The fourth-order valence-electron chi connectivity index (χ4n) is 2.32. The summed E-state index contributed by atoms with van der Waals surface area (Å²) in [6, 6.07) is 3.92. The van der Waals surface area contributed by atoms with E-state index in [1.54, 1.807) is 11.0 Å². The van der Waals surface area contributed by atoms with Crippen molar-refractivity contribution < 1.29 is 14.3 Å². The van der Waals surface area contributed by atoms with Gasteiger partial charge in [0, 0.05) is 5.56 Å². The summed E-state index contributed by atoms with van der Waals surface area (Å²) >= 11 is 0. The van der Waals surface area contributed by atoms with E-state index < -0.39 is 0 Å². The molecule has 0 fully saturated rings. The molecule has 1 aromatic heterocycles. The van der Waals surface area contributed by atoms with Gasteiger partial charge in [-0.1, -0.05) is 12.1 Å². The minimum Gasteiger partial charge on any atom is -0.486 e. The van der Waals surface area contributed by atoms with E-state index in [2.05, 4.69) is 22.2 Å². The van der Waals surface area contributed by atoms with Gasteiger partial charge in [0.05, 0.1) is 0 Å². The first-order valence-corrected chi connectivity index (χ1v) is 7.70. The van der Waals surface area contributed by atoms with E-state index in [9.17, 15) is 0 Å². The zero-order valence-electron chi connectivity index (χ0n) is 13.5. The predicted octanol–water partition coefficient (Wildman–Crippen LogP) is 2.25. The summed E-state index contributed by atoms with van der Waals surface area (Å²) in [5, 5.41) is 8.46. The van der Waals surface area contributed by atoms with Gasteiger partial charge in [-0.2, -0.15) is 9.78 Å². The maximum atomic E-state index is 5.69. The molecule has 0 bridgehead atoms. The Bertz CT molecular complexity index is 696. The lowest BCUT2D eigenvalue weighted by atomic mass is 10.0. The Morgan fingerprint density at radius 1 is 1.30 bits per heavy atom. The number of ether oxygens (including phenoxy) is 2. The zero-order valence-corrected chi connectivity index (χ0v) is 13.5. The van der Waals surface area contributed by atoms with Gasteiger partial charge < -0.3 is 14.3 Å². The molecule has 0 radical (unpaired) electrons. The standard InChI is InChI=1S/C16H20N4O3/c1-4-12-7-14-15(22-6-5-21-14)8-13(12)16(19-23-11(2)3)20-10-17-9-18-20/h7-11H,4-6H2,1-3H3/b19-16-. The molecule has 0 amide bonds. The Morgan fingerprint density at radius 2 is 2.04 bits per heavy atom. The first-order chi connectivity index (χ1) is 11.2. The Hall–Kier alpha value is -2.57. The van der Waals surface area contributed by atoms with Crippen molar-refractivity contribution in [1.29, 1.82) is 0 Å². The summed E-state index contributed by atoms with van der Waals surface area (Å²) in [5.41, 5.74) is 1.97. The Kier molecular flexibility index (Phi) is 4.45. The van der Waals surface area contributed by atoms with E-state index in [4.69, 9.17) is 14.3 Å². The number of hydrogen-bond donors (Lipinski definition) is 0. The molecule has 0 spiro atoms. The van der Waals surface area contributed by atoms with Gasteiger partial charge in [-0.15, -0.1) is 0 Å². The third kappa shape index (κ3) is 3.28. The molecular weight excluding hydrogens is 296 g/mol. The number of benzene rings is 1. The SMILES string of the molecule is CCc1cc2c(cc1/C(=N/OC(C)C)n1cncn1)OCCO2. The van der Waals surface area contributed by atoms with Crippen LogP contribution in [0.4, 0.5) is 0 Å². The molecule has 0 saturated carbocycles. The van der Waals surface area contributed by atoms with E-state index >= 15 is 0 Å². The maximum Gasteiger partial charge on any atom is 0.201 e. The van der Waals surface area contributed by atoms with Gasteiger partial charge in [0.2, 0.25) is 5.84 Å². The summed E-state index contributed by atoms with van der Waals surface area (Å²) < 4.78 is 12.9. The molecule has 0 unspecified atom stereocenters. The molecule has 0 atom stereocenters. The first kappa shape index (κ1) is 15.3. The van der Waals surface area contributed by atoms with Gasteiger partial charge in [-0.05, 0) is 38.0 Å². The van der Waals surface area contributed by atoms with Crippen LogP contribution in [0.3, 0.4) is 0 Å². The van der Waals surface area contributed by atoms with Gasteiger partial charge in [-0.25, -0.2) is 4.98 Å². The highest BCUT2D eigenvalue weighted by Gasteiger charge is 2.20. The second-order valence-corrected chi connectivity index (χ2v) is 5.42. The van der Waals surface area contributed by atoms with Crippen LogP contribution in [0.2, 0.25) is 0 Å². The van der Waals surface area contributed by atoms with Crippen LogP contribution < -0.4 is 9.47 Å². The van der Waals surface area contributed by atoms with E-state index in [-0.39, 0.29) is 6.10 Å². The molecule has 3 rings (SSSR count). The molecule has 2 aromatic rings. The number of aromatic nitrogens is 3. The van der Waals surface area contributed by atoms with Crippen molar-refractivity contribution in [3.63, 3.8) is 0 Å². The van der Waals surface area contributed by atoms with Gasteiger partial charge in [0.15, 0.2) is 11.5 Å². The van der Waals surface area contributed by atoms with E-state index in [0.29, 0.717) is 24.8 Å². The first-order valence-electron chi connectivity index (χ1n) is 7.70. The highest BCUT2D eigenvalue weighted by atomic mass is 16.6. The summed E-state index contributed by atoms with van der Waals surface area (Å²) in [4.78, 5) is 9.45. The minimum atomic E-state index is -0.0317. The van der Waals surface area contributed by atoms with Crippen molar-refractivity contribution in [3.8, 4) is 11.5 Å². The summed E-state index contributed by atoms with van der Waals surface area (Å²) in [5.74, 6) is 2.05. The second kappa shape index (κ2) is 6.68. The van der Waals surface area contributed by atoms with Crippen molar-refractivity contribution in [2.75, 3.05) is 13.2 Å². The molecule has 122 valence electrons. The molecule has 0 saturated heterocycles. The molecular formula is C16H20N4O3. The Balaban J connectivity index is 2.09. The van der Waals surface area contributed by atoms with E-state index in [0.717, 1.165) is 23.3 Å². The van der Waals surface area contributed by atoms with Gasteiger partial charge in [0.1, 0.15) is 32.0 Å². The lowest BCUT2D eigenvalue weighted by Crippen LogP contribution is -2.20. The topological polar surface area (TPSA) is 70.8 Å². The van der Waals surface area contributed by atoms with Crippen LogP contribution in [-0.2, 0) is 11.3 Å². The molecule has 0 N–H and O–H groups in total. The Labute approximate surface area is 134 Å². The number of rotatable bonds is 4. The van der Waals surface area contributed by atoms with Crippen LogP contribution in [-0.4, -0.2) is 39.9 Å². The molecule has 1 aliphatic heterocycles. The molecule has 7 heteroatoms. The highest BCUT2D eigenvalue weighted by molar-refractivity contribution is 6.01. The normalized spacial score (nSPS) is 14.2. The summed E-state index contributed by atoms with van der Waals surface area (Å²) in [7, 11) is 0. The lowest BCUT2D eigenvalue weighted by molar-refractivity contribution is 0.0851. The monoisotopic (exact) mass is 316 g/mol. The molecule has 7 nitrogen and oxygen atoms in total. The smallest absolute Gasteiger partial charge is 0.201 e. The van der Waals surface area contributed by atoms with Gasteiger partial charge >= 0.3 is 0 Å². The maximum absolute atomic E-state index is 5.69. The van der Waals surface area contributed by atoms with Gasteiger partial charge in [0.25, 0.3) is 0 Å². The van der Waals surface area contributed by atoms with Crippen molar-refractivity contribution in [3.05, 3.63) is 35.9 Å². The number of fused-ring (bicyclic) bond motifs is 1. The minimum absolute atomic E-state index is 0.0317. The number of oxime groups is 1. The quantitative estimate of drug-likeness (QED) is 0.491. The average molecular weight is 316 g/mol. The van der Waals surface area contributed by atoms with Crippen LogP contribution in [0, 0.1) is 0 Å². The number of hydrogen-bond acceptors (Lipinski definition) is 6. The highest BCUT2D eigenvalue weighted by Crippen LogP contribution is 2.34. The molecule has 0 aliphatic carbocycles. The second-order valence-electron chi connectivity index (χ2n) is 5.42. The largest absolute Gasteiger partial charge is 0.486 e. The number of aryl methyl sites for hydroxylation is 1. The van der Waals surface area contributed by atoms with Gasteiger partial charge in [-0.3, -0.25) is 0 Å². The van der Waals surface area contributed by atoms with Crippen LogP contribution in [0.25, 0.3) is 0 Å². The predicted molar refractivity (Wildman–Crippen MR) is 85.0 cm³/mol. The fourth-order valence-corrected chi connectivity index (χ4v) is 2.32. The summed E-state index contributed by atoms with van der Waals surface area (Å²) in [6.07, 6.45) is 3.85. The van der Waals surface area contributed by atoms with Crippen molar-refractivity contribution in [2.24, 2.45) is 5.16 Å².